The number of ether oxygens (including phenoxy) is 1. The van der Waals surface area contributed by atoms with Crippen LogP contribution in [0.1, 0.15) is 60.4 Å². The van der Waals surface area contributed by atoms with E-state index in [1.165, 1.54) is 23.7 Å². The Morgan fingerprint density at radius 1 is 1.03 bits per heavy atom. The zero-order valence-corrected chi connectivity index (χ0v) is 18.8. The second kappa shape index (κ2) is 7.94. The lowest BCUT2D eigenvalue weighted by Gasteiger charge is -2.17. The van der Waals surface area contributed by atoms with Gasteiger partial charge >= 0.3 is 5.97 Å². The smallest absolute Gasteiger partial charge is 0.309 e. The molecular weight excluding hydrogens is 392 g/mol. The third kappa shape index (κ3) is 4.32. The average molecular weight is 419 g/mol. The number of aryl methyl sites for hydroxylation is 2. The van der Waals surface area contributed by atoms with Gasteiger partial charge in [-0.3, -0.25) is 9.59 Å². The molecule has 0 atom stereocenters. The Morgan fingerprint density at radius 2 is 1.62 bits per heavy atom. The molecule has 156 valence electrons. The van der Waals surface area contributed by atoms with E-state index in [1.54, 1.807) is 20.9 Å². The van der Waals surface area contributed by atoms with Crippen molar-refractivity contribution in [1.29, 1.82) is 0 Å². The molecular formula is C21H26N2O5S. The van der Waals surface area contributed by atoms with Crippen molar-refractivity contribution in [2.75, 3.05) is 6.26 Å². The van der Waals surface area contributed by atoms with Crippen LogP contribution in [-0.2, 0) is 21.7 Å². The fourth-order valence-electron chi connectivity index (χ4n) is 3.24. The quantitative estimate of drug-likeness (QED) is 0.545. The van der Waals surface area contributed by atoms with Crippen LogP contribution in [0.2, 0.25) is 0 Å². The van der Waals surface area contributed by atoms with E-state index in [9.17, 15) is 18.0 Å². The third-order valence-electron chi connectivity index (χ3n) is 4.83. The molecule has 0 amide bonds. The summed E-state index contributed by atoms with van der Waals surface area (Å²) in [6.45, 7) is 10.2. The minimum Gasteiger partial charge on any atom is -0.407 e. The number of hydrogen-bond acceptors (Lipinski definition) is 6. The summed E-state index contributed by atoms with van der Waals surface area (Å²) in [7, 11) is -1.92. The first kappa shape index (κ1) is 22.5. The molecule has 0 aliphatic heterocycles. The number of benzene rings is 1. The fourth-order valence-corrected chi connectivity index (χ4v) is 4.24. The highest BCUT2D eigenvalue weighted by Crippen LogP contribution is 2.33. The van der Waals surface area contributed by atoms with Crippen molar-refractivity contribution in [1.82, 2.24) is 9.78 Å². The number of ketones is 1. The van der Waals surface area contributed by atoms with Gasteiger partial charge in [-0.1, -0.05) is 5.57 Å². The van der Waals surface area contributed by atoms with E-state index < -0.39 is 15.8 Å². The van der Waals surface area contributed by atoms with Crippen LogP contribution < -0.4 is 4.74 Å². The molecule has 0 N–H and O–H groups in total. The van der Waals surface area contributed by atoms with E-state index in [-0.39, 0.29) is 22.1 Å². The number of aromatic nitrogens is 2. The molecule has 0 aliphatic carbocycles. The molecule has 0 aliphatic rings. The highest BCUT2D eigenvalue weighted by atomic mass is 32.2. The van der Waals surface area contributed by atoms with Crippen molar-refractivity contribution in [2.45, 2.75) is 46.4 Å². The topological polar surface area (TPSA) is 95.3 Å². The van der Waals surface area contributed by atoms with Crippen LogP contribution in [0.4, 0.5) is 0 Å². The van der Waals surface area contributed by atoms with Crippen molar-refractivity contribution in [3.05, 3.63) is 45.7 Å². The van der Waals surface area contributed by atoms with Gasteiger partial charge in [0.25, 0.3) is 0 Å². The molecule has 0 spiro atoms. The van der Waals surface area contributed by atoms with Gasteiger partial charge in [0.1, 0.15) is 5.56 Å². The Bertz CT molecular complexity index is 1150. The predicted molar refractivity (Wildman–Crippen MR) is 111 cm³/mol. The molecule has 8 heteroatoms. The van der Waals surface area contributed by atoms with Gasteiger partial charge in [0, 0.05) is 25.8 Å². The summed E-state index contributed by atoms with van der Waals surface area (Å²) in [6, 6.07) is 2.95. The lowest BCUT2D eigenvalue weighted by molar-refractivity contribution is -0.132. The summed E-state index contributed by atoms with van der Waals surface area (Å²) < 4.78 is 31.2. The number of allylic oxidation sites excluding steroid dienone is 2. The summed E-state index contributed by atoms with van der Waals surface area (Å²) in [5.74, 6) is -0.883. The van der Waals surface area contributed by atoms with Gasteiger partial charge in [0.2, 0.25) is 11.7 Å². The largest absolute Gasteiger partial charge is 0.407 e. The molecule has 1 heterocycles. The van der Waals surface area contributed by atoms with Crippen LogP contribution in [-0.4, -0.2) is 36.2 Å². The normalized spacial score (nSPS) is 11.3. The molecule has 0 fully saturated rings. The molecule has 0 radical (unpaired) electrons. The number of carbonyl (C=O) groups excluding carboxylic acids is 2. The highest BCUT2D eigenvalue weighted by molar-refractivity contribution is 7.90. The number of esters is 1. The maximum Gasteiger partial charge on any atom is 0.309 e. The molecule has 29 heavy (non-hydrogen) atoms. The van der Waals surface area contributed by atoms with Gasteiger partial charge in [-0.25, -0.2) is 13.1 Å². The Kier molecular flexibility index (Phi) is 6.18. The lowest BCUT2D eigenvalue weighted by atomic mass is 9.91. The summed E-state index contributed by atoms with van der Waals surface area (Å²) in [6.07, 6.45) is 1.15. The SMILES string of the molecule is CC(=O)Oc1c(C(=O)c2ccc(S(C)(=O)=O)c(C(C)=C(C)C)c2C)c(C)nn1C. The second-order valence-corrected chi connectivity index (χ2v) is 9.30. The number of sulfone groups is 1. The van der Waals surface area contributed by atoms with Gasteiger partial charge < -0.3 is 4.74 Å². The second-order valence-electron chi connectivity index (χ2n) is 7.32. The fraction of sp³-hybridized carbons (Fsp3) is 0.381. The molecule has 2 rings (SSSR count). The highest BCUT2D eigenvalue weighted by Gasteiger charge is 2.28. The van der Waals surface area contributed by atoms with Crippen molar-refractivity contribution in [3.63, 3.8) is 0 Å². The van der Waals surface area contributed by atoms with Gasteiger partial charge in [-0.2, -0.15) is 5.10 Å². The molecule has 0 bridgehead atoms. The maximum absolute atomic E-state index is 13.4. The van der Waals surface area contributed by atoms with Crippen LogP contribution in [0.5, 0.6) is 5.88 Å². The lowest BCUT2D eigenvalue weighted by Crippen LogP contribution is -2.13. The van der Waals surface area contributed by atoms with Gasteiger partial charge in [-0.15, -0.1) is 0 Å². The molecule has 2 aromatic rings. The van der Waals surface area contributed by atoms with E-state index in [4.69, 9.17) is 4.74 Å². The zero-order valence-electron chi connectivity index (χ0n) is 18.0. The maximum atomic E-state index is 13.4. The molecule has 0 saturated carbocycles. The zero-order chi connectivity index (χ0) is 22.3. The minimum atomic E-state index is -3.50. The van der Waals surface area contributed by atoms with E-state index in [2.05, 4.69) is 5.10 Å². The molecule has 1 aromatic carbocycles. The van der Waals surface area contributed by atoms with Crippen LogP contribution in [0, 0.1) is 13.8 Å². The first-order valence-electron chi connectivity index (χ1n) is 9.02. The Hall–Kier alpha value is -2.74. The number of hydrogen-bond donors (Lipinski definition) is 0. The van der Waals surface area contributed by atoms with Crippen LogP contribution >= 0.6 is 0 Å². The monoisotopic (exact) mass is 418 g/mol. The van der Waals surface area contributed by atoms with Crippen LogP contribution in [0.25, 0.3) is 5.57 Å². The molecule has 7 nitrogen and oxygen atoms in total. The average Bonchev–Trinajstić information content (AvgIpc) is 2.85. The van der Waals surface area contributed by atoms with Crippen molar-refractivity contribution in [2.24, 2.45) is 7.05 Å². The first-order valence-corrected chi connectivity index (χ1v) is 10.9. The number of carbonyl (C=O) groups is 2. The summed E-state index contributed by atoms with van der Waals surface area (Å²) in [4.78, 5) is 25.1. The number of rotatable bonds is 5. The standard InChI is InChI=1S/C21H26N2O5S/c1-11(2)12(3)18-13(4)16(9-10-17(18)29(8,26)27)20(25)19-14(5)22-23(7)21(19)28-15(6)24/h9-10H,1-8H3. The van der Waals surface area contributed by atoms with E-state index >= 15 is 0 Å². The van der Waals surface area contributed by atoms with Crippen molar-refractivity contribution >= 4 is 27.2 Å². The van der Waals surface area contributed by atoms with Gasteiger partial charge in [0.05, 0.1) is 10.6 Å². The Balaban J connectivity index is 2.82. The van der Waals surface area contributed by atoms with Gasteiger partial charge in [-0.05, 0) is 63.5 Å². The van der Waals surface area contributed by atoms with E-state index in [1.807, 2.05) is 20.8 Å². The summed E-state index contributed by atoms with van der Waals surface area (Å²) in [5.41, 5.74) is 3.74. The third-order valence-corrected chi connectivity index (χ3v) is 5.97. The molecule has 1 aromatic heterocycles. The van der Waals surface area contributed by atoms with Gasteiger partial charge in [0.15, 0.2) is 9.84 Å². The Labute approximate surface area is 171 Å². The summed E-state index contributed by atoms with van der Waals surface area (Å²) in [5, 5.41) is 4.20. The van der Waals surface area contributed by atoms with Crippen LogP contribution in [0.15, 0.2) is 22.6 Å². The first-order chi connectivity index (χ1) is 13.3. The predicted octanol–water partition coefficient (Wildman–Crippen LogP) is 3.41. The van der Waals surface area contributed by atoms with E-state index in [0.29, 0.717) is 22.4 Å². The van der Waals surface area contributed by atoms with E-state index in [0.717, 1.165) is 17.4 Å². The molecule has 0 saturated heterocycles. The number of nitrogens with zero attached hydrogens (tertiary/aromatic N) is 2. The van der Waals surface area contributed by atoms with Crippen LogP contribution in [0.3, 0.4) is 0 Å². The van der Waals surface area contributed by atoms with Crippen molar-refractivity contribution < 1.29 is 22.7 Å². The Morgan fingerprint density at radius 3 is 2.10 bits per heavy atom. The molecule has 0 unspecified atom stereocenters. The minimum absolute atomic E-state index is 0.0621. The summed E-state index contributed by atoms with van der Waals surface area (Å²) >= 11 is 0. The van der Waals surface area contributed by atoms with Crippen molar-refractivity contribution in [3.8, 4) is 5.88 Å².